The molecule has 0 bridgehead atoms. The molecular weight excluding hydrogens is 334 g/mol. The smallest absolute Gasteiger partial charge is 0.0858 e. The SMILES string of the molecule is C[C@H](CO)CN(Cc1ccccc1)Cc1nn(C)c2cccc(Cl)c12. The molecule has 3 aromatic rings. The molecule has 0 saturated carbocycles. The number of benzene rings is 2. The van der Waals surface area contributed by atoms with E-state index in [2.05, 4.69) is 36.1 Å². The van der Waals surface area contributed by atoms with Crippen LogP contribution >= 0.6 is 11.6 Å². The van der Waals surface area contributed by atoms with Crippen molar-refractivity contribution in [2.45, 2.75) is 20.0 Å². The Morgan fingerprint density at radius 2 is 1.88 bits per heavy atom. The molecule has 2 aromatic carbocycles. The fourth-order valence-electron chi connectivity index (χ4n) is 3.20. The van der Waals surface area contributed by atoms with Gasteiger partial charge >= 0.3 is 0 Å². The van der Waals surface area contributed by atoms with E-state index < -0.39 is 0 Å². The third-order valence-corrected chi connectivity index (χ3v) is 4.72. The fraction of sp³-hybridized carbons (Fsp3) is 0.350. The number of halogens is 1. The van der Waals surface area contributed by atoms with Crippen molar-refractivity contribution in [3.8, 4) is 0 Å². The van der Waals surface area contributed by atoms with Gasteiger partial charge in [0.05, 0.1) is 16.2 Å². The molecule has 1 atom stereocenters. The van der Waals surface area contributed by atoms with E-state index in [1.165, 1.54) is 5.56 Å². The van der Waals surface area contributed by atoms with Crippen LogP contribution in [0.25, 0.3) is 10.9 Å². The van der Waals surface area contributed by atoms with Crippen LogP contribution in [0, 0.1) is 5.92 Å². The van der Waals surface area contributed by atoms with E-state index >= 15 is 0 Å². The lowest BCUT2D eigenvalue weighted by molar-refractivity contribution is 0.162. The lowest BCUT2D eigenvalue weighted by Gasteiger charge is -2.24. The summed E-state index contributed by atoms with van der Waals surface area (Å²) in [6.45, 7) is 4.54. The van der Waals surface area contributed by atoms with Crippen LogP contribution in [0.5, 0.6) is 0 Å². The van der Waals surface area contributed by atoms with Gasteiger partial charge in [-0.05, 0) is 23.6 Å². The van der Waals surface area contributed by atoms with Crippen LogP contribution in [0.15, 0.2) is 48.5 Å². The maximum Gasteiger partial charge on any atom is 0.0858 e. The van der Waals surface area contributed by atoms with Gasteiger partial charge in [-0.3, -0.25) is 9.58 Å². The number of fused-ring (bicyclic) bond motifs is 1. The summed E-state index contributed by atoms with van der Waals surface area (Å²) >= 11 is 6.44. The Kier molecular flexibility index (Phi) is 5.74. The van der Waals surface area contributed by atoms with Gasteiger partial charge in [0.1, 0.15) is 0 Å². The summed E-state index contributed by atoms with van der Waals surface area (Å²) in [7, 11) is 1.94. The van der Waals surface area contributed by atoms with Crippen molar-refractivity contribution in [1.82, 2.24) is 14.7 Å². The van der Waals surface area contributed by atoms with Crippen LogP contribution in [0.3, 0.4) is 0 Å². The molecule has 3 rings (SSSR count). The summed E-state index contributed by atoms with van der Waals surface area (Å²) in [5.74, 6) is 0.203. The summed E-state index contributed by atoms with van der Waals surface area (Å²) in [6, 6.07) is 16.3. The number of aliphatic hydroxyl groups excluding tert-OH is 1. The molecule has 0 aliphatic carbocycles. The molecule has 0 saturated heterocycles. The standard InChI is InChI=1S/C20H24ClN3O/c1-15(14-25)11-24(12-16-7-4-3-5-8-16)13-18-20-17(21)9-6-10-19(20)23(2)22-18/h3-10,15,25H,11-14H2,1-2H3/t15-/m0/s1. The zero-order chi connectivity index (χ0) is 17.8. The molecule has 0 spiro atoms. The van der Waals surface area contributed by atoms with Crippen molar-refractivity contribution in [2.75, 3.05) is 13.2 Å². The minimum atomic E-state index is 0.176. The van der Waals surface area contributed by atoms with Gasteiger partial charge in [-0.25, -0.2) is 0 Å². The van der Waals surface area contributed by atoms with Crippen molar-refractivity contribution in [3.05, 3.63) is 64.8 Å². The number of aromatic nitrogens is 2. The highest BCUT2D eigenvalue weighted by Crippen LogP contribution is 2.27. The number of aliphatic hydroxyl groups is 1. The predicted octanol–water partition coefficient (Wildman–Crippen LogP) is 3.86. The maximum absolute atomic E-state index is 9.47. The van der Waals surface area contributed by atoms with Gasteiger partial charge in [0, 0.05) is 38.7 Å². The second-order valence-corrected chi connectivity index (χ2v) is 7.05. The zero-order valence-electron chi connectivity index (χ0n) is 14.7. The molecule has 1 N–H and O–H groups in total. The van der Waals surface area contributed by atoms with Crippen molar-refractivity contribution < 1.29 is 5.11 Å². The van der Waals surface area contributed by atoms with Gasteiger partial charge in [-0.15, -0.1) is 0 Å². The second-order valence-electron chi connectivity index (χ2n) is 6.65. The van der Waals surface area contributed by atoms with Gasteiger partial charge < -0.3 is 5.11 Å². The summed E-state index contributed by atoms with van der Waals surface area (Å²) in [5.41, 5.74) is 3.26. The van der Waals surface area contributed by atoms with Crippen LogP contribution < -0.4 is 0 Å². The first-order valence-electron chi connectivity index (χ1n) is 8.55. The lowest BCUT2D eigenvalue weighted by atomic mass is 10.1. The zero-order valence-corrected chi connectivity index (χ0v) is 15.4. The molecule has 132 valence electrons. The van der Waals surface area contributed by atoms with Crippen molar-refractivity contribution in [2.24, 2.45) is 13.0 Å². The number of hydrogen-bond acceptors (Lipinski definition) is 3. The highest BCUT2D eigenvalue weighted by Gasteiger charge is 2.17. The van der Waals surface area contributed by atoms with E-state index in [0.29, 0.717) is 6.54 Å². The Morgan fingerprint density at radius 1 is 1.12 bits per heavy atom. The van der Waals surface area contributed by atoms with E-state index in [-0.39, 0.29) is 12.5 Å². The van der Waals surface area contributed by atoms with E-state index in [9.17, 15) is 5.11 Å². The van der Waals surface area contributed by atoms with Crippen LogP contribution in [0.2, 0.25) is 5.02 Å². The third kappa shape index (κ3) is 4.21. The summed E-state index contributed by atoms with van der Waals surface area (Å²) < 4.78 is 1.88. The molecule has 0 aliphatic rings. The minimum Gasteiger partial charge on any atom is -0.396 e. The highest BCUT2D eigenvalue weighted by atomic mass is 35.5. The molecule has 0 radical (unpaired) electrons. The number of aryl methyl sites for hydroxylation is 1. The summed E-state index contributed by atoms with van der Waals surface area (Å²) in [5, 5.41) is 15.9. The van der Waals surface area contributed by atoms with E-state index in [1.807, 2.05) is 36.0 Å². The quantitative estimate of drug-likeness (QED) is 0.698. The Bertz CT molecular complexity index is 832. The average molecular weight is 358 g/mol. The van der Waals surface area contributed by atoms with Crippen LogP contribution in [-0.2, 0) is 20.1 Å². The second kappa shape index (κ2) is 8.00. The van der Waals surface area contributed by atoms with E-state index in [0.717, 1.165) is 34.7 Å². The van der Waals surface area contributed by atoms with Crippen LogP contribution in [0.1, 0.15) is 18.2 Å². The number of rotatable bonds is 7. The molecule has 5 heteroatoms. The molecule has 25 heavy (non-hydrogen) atoms. The topological polar surface area (TPSA) is 41.3 Å². The lowest BCUT2D eigenvalue weighted by Crippen LogP contribution is -2.29. The van der Waals surface area contributed by atoms with Gasteiger partial charge in [0.2, 0.25) is 0 Å². The molecule has 4 nitrogen and oxygen atoms in total. The first-order chi connectivity index (χ1) is 12.1. The molecule has 1 heterocycles. The predicted molar refractivity (Wildman–Crippen MR) is 103 cm³/mol. The molecule has 0 aliphatic heterocycles. The van der Waals surface area contributed by atoms with Gasteiger partial charge in [-0.2, -0.15) is 5.10 Å². The average Bonchev–Trinajstić information content (AvgIpc) is 2.92. The summed E-state index contributed by atoms with van der Waals surface area (Å²) in [6.07, 6.45) is 0. The Morgan fingerprint density at radius 3 is 2.60 bits per heavy atom. The monoisotopic (exact) mass is 357 g/mol. The third-order valence-electron chi connectivity index (χ3n) is 4.40. The van der Waals surface area contributed by atoms with E-state index in [4.69, 9.17) is 16.7 Å². The van der Waals surface area contributed by atoms with Crippen molar-refractivity contribution >= 4 is 22.5 Å². The fourth-order valence-corrected chi connectivity index (χ4v) is 3.48. The highest BCUT2D eigenvalue weighted by molar-refractivity contribution is 6.35. The van der Waals surface area contributed by atoms with Crippen molar-refractivity contribution in [1.29, 1.82) is 0 Å². The number of nitrogens with zero attached hydrogens (tertiary/aromatic N) is 3. The van der Waals surface area contributed by atoms with Gasteiger partial charge in [0.25, 0.3) is 0 Å². The number of hydrogen-bond donors (Lipinski definition) is 1. The Hall–Kier alpha value is -1.88. The molecule has 0 unspecified atom stereocenters. The molecule has 0 fully saturated rings. The first-order valence-corrected chi connectivity index (χ1v) is 8.93. The molecule has 0 amide bonds. The first kappa shape index (κ1) is 17.9. The van der Waals surface area contributed by atoms with Gasteiger partial charge in [-0.1, -0.05) is 54.9 Å². The Labute approximate surface area is 153 Å². The van der Waals surface area contributed by atoms with E-state index in [1.54, 1.807) is 0 Å². The van der Waals surface area contributed by atoms with Crippen LogP contribution in [-0.4, -0.2) is 32.9 Å². The van der Waals surface area contributed by atoms with Gasteiger partial charge in [0.15, 0.2) is 0 Å². The minimum absolute atomic E-state index is 0.176. The summed E-state index contributed by atoms with van der Waals surface area (Å²) in [4.78, 5) is 2.32. The van der Waals surface area contributed by atoms with Crippen molar-refractivity contribution in [3.63, 3.8) is 0 Å². The molecular formula is C20H24ClN3O. The Balaban J connectivity index is 1.89. The molecule has 1 aromatic heterocycles. The normalized spacial score (nSPS) is 12.8. The maximum atomic E-state index is 9.47. The largest absolute Gasteiger partial charge is 0.396 e. The van der Waals surface area contributed by atoms with Crippen LogP contribution in [0.4, 0.5) is 0 Å².